The van der Waals surface area contributed by atoms with Crippen molar-refractivity contribution < 1.29 is 4.39 Å². The van der Waals surface area contributed by atoms with E-state index in [1.807, 2.05) is 6.07 Å². The predicted molar refractivity (Wildman–Crippen MR) is 57.9 cm³/mol. The van der Waals surface area contributed by atoms with Crippen molar-refractivity contribution >= 4 is 26.8 Å². The molecule has 1 aliphatic carbocycles. The molecule has 2 aromatic rings. The first kappa shape index (κ1) is 8.48. The van der Waals surface area contributed by atoms with Gasteiger partial charge in [-0.3, -0.25) is 0 Å². The number of fused-ring (bicyclic) bond motifs is 1. The summed E-state index contributed by atoms with van der Waals surface area (Å²) in [5, 5.41) is 0.766. The quantitative estimate of drug-likeness (QED) is 0.793. The largest absolute Gasteiger partial charge is 0.349 e. The lowest BCUT2D eigenvalue weighted by molar-refractivity contribution is 0.639. The number of aromatic nitrogens is 1. The molecule has 1 nitrogen and oxygen atoms in total. The van der Waals surface area contributed by atoms with E-state index in [4.69, 9.17) is 0 Å². The number of halogens is 2. The molecule has 0 bridgehead atoms. The Hall–Kier alpha value is -0.830. The van der Waals surface area contributed by atoms with Crippen LogP contribution in [0.5, 0.6) is 0 Å². The van der Waals surface area contributed by atoms with Gasteiger partial charge in [-0.25, -0.2) is 4.39 Å². The van der Waals surface area contributed by atoms with Gasteiger partial charge >= 0.3 is 0 Å². The van der Waals surface area contributed by atoms with E-state index in [1.165, 1.54) is 18.9 Å². The number of aromatic amines is 1. The van der Waals surface area contributed by atoms with Gasteiger partial charge in [0.1, 0.15) is 5.82 Å². The first-order chi connectivity index (χ1) is 6.77. The zero-order chi connectivity index (χ0) is 9.71. The van der Waals surface area contributed by atoms with Gasteiger partial charge in [0, 0.05) is 10.9 Å². The highest BCUT2D eigenvalue weighted by Gasteiger charge is 2.29. The molecule has 72 valence electrons. The number of rotatable bonds is 1. The number of hydrogen-bond donors (Lipinski definition) is 1. The van der Waals surface area contributed by atoms with Crippen molar-refractivity contribution in [3.63, 3.8) is 0 Å². The van der Waals surface area contributed by atoms with Crippen LogP contribution in [-0.2, 0) is 0 Å². The molecule has 3 heteroatoms. The van der Waals surface area contributed by atoms with E-state index in [0.717, 1.165) is 21.1 Å². The number of H-pyrrole nitrogens is 1. The topological polar surface area (TPSA) is 15.8 Å². The highest BCUT2D eigenvalue weighted by atomic mass is 79.9. The van der Waals surface area contributed by atoms with Crippen LogP contribution in [0.1, 0.15) is 24.3 Å². The van der Waals surface area contributed by atoms with Crippen LogP contribution in [0, 0.1) is 5.82 Å². The van der Waals surface area contributed by atoms with E-state index in [0.29, 0.717) is 5.92 Å². The van der Waals surface area contributed by atoms with Crippen molar-refractivity contribution in [2.75, 3.05) is 0 Å². The second-order valence-corrected chi connectivity index (χ2v) is 4.58. The smallest absolute Gasteiger partial charge is 0.132 e. The van der Waals surface area contributed by atoms with Crippen molar-refractivity contribution in [3.05, 3.63) is 34.2 Å². The van der Waals surface area contributed by atoms with Crippen LogP contribution in [0.25, 0.3) is 10.9 Å². The summed E-state index contributed by atoms with van der Waals surface area (Å²) < 4.78 is 14.6. The van der Waals surface area contributed by atoms with E-state index >= 15 is 0 Å². The summed E-state index contributed by atoms with van der Waals surface area (Å²) >= 11 is 3.46. The average molecular weight is 254 g/mol. The zero-order valence-electron chi connectivity index (χ0n) is 7.48. The predicted octanol–water partition coefficient (Wildman–Crippen LogP) is 3.95. The summed E-state index contributed by atoms with van der Waals surface area (Å²) in [6.07, 6.45) is 2.36. The molecule has 1 fully saturated rings. The van der Waals surface area contributed by atoms with Gasteiger partial charge in [0.25, 0.3) is 0 Å². The summed E-state index contributed by atoms with van der Waals surface area (Å²) in [6, 6.07) is 5.17. The lowest BCUT2D eigenvalue weighted by Crippen LogP contribution is -1.81. The Balaban J connectivity index is 2.39. The molecular weight excluding hydrogens is 245 g/mol. The lowest BCUT2D eigenvalue weighted by atomic mass is 10.1. The summed E-state index contributed by atoms with van der Waals surface area (Å²) in [5.41, 5.74) is 2.01. The minimum Gasteiger partial charge on any atom is -0.349 e. The summed E-state index contributed by atoms with van der Waals surface area (Å²) in [5.74, 6) is 0.432. The molecule has 0 unspecified atom stereocenters. The molecule has 0 aliphatic heterocycles. The van der Waals surface area contributed by atoms with Gasteiger partial charge in [-0.2, -0.15) is 0 Å². The zero-order valence-corrected chi connectivity index (χ0v) is 9.07. The molecule has 1 aromatic carbocycles. The van der Waals surface area contributed by atoms with E-state index < -0.39 is 0 Å². The van der Waals surface area contributed by atoms with Crippen LogP contribution in [0.2, 0.25) is 0 Å². The molecule has 3 rings (SSSR count). The molecule has 1 saturated carbocycles. The molecule has 14 heavy (non-hydrogen) atoms. The molecule has 0 atom stereocenters. The van der Waals surface area contributed by atoms with Crippen molar-refractivity contribution in [2.24, 2.45) is 0 Å². The number of benzene rings is 1. The van der Waals surface area contributed by atoms with Gasteiger partial charge in [0.2, 0.25) is 0 Å². The normalized spacial score (nSPS) is 16.4. The molecular formula is C11H9BrFN. The third-order valence-corrected chi connectivity index (χ3v) is 3.37. The highest BCUT2D eigenvalue weighted by Crippen LogP contribution is 2.47. The van der Waals surface area contributed by atoms with E-state index in [9.17, 15) is 4.39 Å². The maximum Gasteiger partial charge on any atom is 0.132 e. The third kappa shape index (κ3) is 1.12. The minimum atomic E-state index is -0.119. The molecule has 0 amide bonds. The lowest BCUT2D eigenvalue weighted by Gasteiger charge is -1.97. The fourth-order valence-electron chi connectivity index (χ4n) is 1.95. The second kappa shape index (κ2) is 2.83. The van der Waals surface area contributed by atoms with E-state index in [1.54, 1.807) is 6.07 Å². The van der Waals surface area contributed by atoms with Crippen LogP contribution in [0.4, 0.5) is 4.39 Å². The van der Waals surface area contributed by atoms with Crippen molar-refractivity contribution in [1.82, 2.24) is 4.98 Å². The van der Waals surface area contributed by atoms with Gasteiger partial charge in [-0.1, -0.05) is 6.07 Å². The maximum atomic E-state index is 13.6. The van der Waals surface area contributed by atoms with Gasteiger partial charge < -0.3 is 4.98 Å². The van der Waals surface area contributed by atoms with Crippen LogP contribution in [0.3, 0.4) is 0 Å². The maximum absolute atomic E-state index is 13.6. The standard InChI is InChI=1S/C11H9BrFN/c12-11-9(6-4-5-6)10-7(13)2-1-3-8(10)14-11/h1-3,6,14H,4-5H2. The van der Waals surface area contributed by atoms with Crippen molar-refractivity contribution in [3.8, 4) is 0 Å². The average Bonchev–Trinajstić information content (AvgIpc) is 2.90. The fraction of sp³-hybridized carbons (Fsp3) is 0.273. The summed E-state index contributed by atoms with van der Waals surface area (Å²) in [7, 11) is 0. The van der Waals surface area contributed by atoms with Gasteiger partial charge in [0.15, 0.2) is 0 Å². The number of nitrogens with one attached hydrogen (secondary N) is 1. The van der Waals surface area contributed by atoms with Gasteiger partial charge in [-0.15, -0.1) is 0 Å². The molecule has 1 heterocycles. The van der Waals surface area contributed by atoms with Crippen LogP contribution >= 0.6 is 15.9 Å². The molecule has 1 aromatic heterocycles. The van der Waals surface area contributed by atoms with Crippen LogP contribution in [0.15, 0.2) is 22.8 Å². The number of hydrogen-bond acceptors (Lipinski definition) is 0. The van der Waals surface area contributed by atoms with E-state index in [-0.39, 0.29) is 5.82 Å². The molecule has 0 radical (unpaired) electrons. The molecule has 0 spiro atoms. The molecule has 1 aliphatic rings. The Kier molecular flexibility index (Phi) is 1.71. The Labute approximate surface area is 89.4 Å². The minimum absolute atomic E-state index is 0.119. The summed E-state index contributed by atoms with van der Waals surface area (Å²) in [4.78, 5) is 3.17. The highest BCUT2D eigenvalue weighted by molar-refractivity contribution is 9.10. The van der Waals surface area contributed by atoms with Crippen molar-refractivity contribution in [1.29, 1.82) is 0 Å². The first-order valence-corrected chi connectivity index (χ1v) is 5.52. The third-order valence-electron chi connectivity index (χ3n) is 2.75. The Morgan fingerprint density at radius 2 is 2.14 bits per heavy atom. The van der Waals surface area contributed by atoms with Crippen LogP contribution in [-0.4, -0.2) is 4.98 Å². The van der Waals surface area contributed by atoms with Gasteiger partial charge in [-0.05, 0) is 52.4 Å². The van der Waals surface area contributed by atoms with Crippen LogP contribution < -0.4 is 0 Å². The Morgan fingerprint density at radius 3 is 2.86 bits per heavy atom. The monoisotopic (exact) mass is 253 g/mol. The second-order valence-electron chi connectivity index (χ2n) is 3.79. The fourth-order valence-corrected chi connectivity index (χ4v) is 2.69. The summed E-state index contributed by atoms with van der Waals surface area (Å²) in [6.45, 7) is 0. The van der Waals surface area contributed by atoms with E-state index in [2.05, 4.69) is 20.9 Å². The van der Waals surface area contributed by atoms with Crippen molar-refractivity contribution in [2.45, 2.75) is 18.8 Å². The Morgan fingerprint density at radius 1 is 1.36 bits per heavy atom. The SMILES string of the molecule is Fc1cccc2[nH]c(Br)c(C3CC3)c12. The molecule has 1 N–H and O–H groups in total. The van der Waals surface area contributed by atoms with Gasteiger partial charge in [0.05, 0.1) is 4.60 Å². The first-order valence-electron chi connectivity index (χ1n) is 4.73. The Bertz CT molecular complexity index is 499. The molecule has 0 saturated heterocycles.